The summed E-state index contributed by atoms with van der Waals surface area (Å²) in [6.07, 6.45) is 2.18. The van der Waals surface area contributed by atoms with E-state index in [4.69, 9.17) is 16.0 Å². The second kappa shape index (κ2) is 8.32. The van der Waals surface area contributed by atoms with Gasteiger partial charge in [0.05, 0.1) is 23.6 Å². The Bertz CT molecular complexity index is 758. The number of benzene rings is 1. The van der Waals surface area contributed by atoms with Crippen LogP contribution in [-0.4, -0.2) is 20.9 Å². The zero-order chi connectivity index (χ0) is 17.6. The standard InChI is InChI=1S/C16H19ClN2O4S/c1-2-9-18-16(20)11-14(15-4-3-10-23-15)19-24(21,22)13-7-5-12(17)6-8-13/h3-8,10,14,19H,2,9,11H2,1H3,(H,18,20)/t14-/m0/s1. The Labute approximate surface area is 146 Å². The van der Waals surface area contributed by atoms with E-state index < -0.39 is 16.1 Å². The van der Waals surface area contributed by atoms with E-state index in [9.17, 15) is 13.2 Å². The predicted molar refractivity (Wildman–Crippen MR) is 91.1 cm³/mol. The number of halogens is 1. The molecule has 1 heterocycles. The number of sulfonamides is 1. The van der Waals surface area contributed by atoms with Gasteiger partial charge in [-0.1, -0.05) is 18.5 Å². The second-order valence-corrected chi connectivity index (χ2v) is 7.35. The van der Waals surface area contributed by atoms with Crippen LogP contribution in [-0.2, 0) is 14.8 Å². The maximum absolute atomic E-state index is 12.5. The maximum atomic E-state index is 12.5. The molecule has 0 spiro atoms. The Kier molecular flexibility index (Phi) is 6.42. The summed E-state index contributed by atoms with van der Waals surface area (Å²) in [5, 5.41) is 3.17. The molecule has 2 aromatic rings. The Hall–Kier alpha value is -1.83. The first-order chi connectivity index (χ1) is 11.4. The number of carbonyl (C=O) groups is 1. The molecule has 0 saturated heterocycles. The normalized spacial score (nSPS) is 12.8. The van der Waals surface area contributed by atoms with Crippen LogP contribution in [0, 0.1) is 0 Å². The number of rotatable bonds is 8. The summed E-state index contributed by atoms with van der Waals surface area (Å²) in [6, 6.07) is 8.27. The van der Waals surface area contributed by atoms with E-state index in [0.29, 0.717) is 17.3 Å². The lowest BCUT2D eigenvalue weighted by Gasteiger charge is -2.16. The highest BCUT2D eigenvalue weighted by atomic mass is 35.5. The largest absolute Gasteiger partial charge is 0.468 e. The zero-order valence-corrected chi connectivity index (χ0v) is 14.7. The fourth-order valence-electron chi connectivity index (χ4n) is 2.08. The van der Waals surface area contributed by atoms with Gasteiger partial charge in [0.2, 0.25) is 15.9 Å². The number of hydrogen-bond acceptors (Lipinski definition) is 4. The molecule has 1 aromatic heterocycles. The number of nitrogens with one attached hydrogen (secondary N) is 2. The van der Waals surface area contributed by atoms with Gasteiger partial charge in [0.15, 0.2) is 0 Å². The third kappa shape index (κ3) is 5.09. The Morgan fingerprint density at radius 3 is 2.54 bits per heavy atom. The maximum Gasteiger partial charge on any atom is 0.241 e. The van der Waals surface area contributed by atoms with Crippen molar-refractivity contribution < 1.29 is 17.6 Å². The van der Waals surface area contributed by atoms with Crippen LogP contribution in [0.5, 0.6) is 0 Å². The molecule has 0 aliphatic heterocycles. The molecule has 0 aliphatic carbocycles. The van der Waals surface area contributed by atoms with Crippen LogP contribution in [0.2, 0.25) is 5.02 Å². The van der Waals surface area contributed by atoms with Crippen LogP contribution in [0.3, 0.4) is 0 Å². The summed E-state index contributed by atoms with van der Waals surface area (Å²) < 4.78 is 32.8. The SMILES string of the molecule is CCCNC(=O)C[C@H](NS(=O)(=O)c1ccc(Cl)cc1)c1ccco1. The molecule has 2 rings (SSSR count). The van der Waals surface area contributed by atoms with Gasteiger partial charge in [-0.15, -0.1) is 0 Å². The predicted octanol–water partition coefficient (Wildman–Crippen LogP) is 2.87. The quantitative estimate of drug-likeness (QED) is 0.747. The van der Waals surface area contributed by atoms with Crippen LogP contribution in [0.25, 0.3) is 0 Å². The third-order valence-corrected chi connectivity index (χ3v) is 5.01. The van der Waals surface area contributed by atoms with Crippen molar-refractivity contribution in [1.82, 2.24) is 10.0 Å². The fourth-order valence-corrected chi connectivity index (χ4v) is 3.41. The number of furan rings is 1. The van der Waals surface area contributed by atoms with Gasteiger partial charge in [0.25, 0.3) is 0 Å². The van der Waals surface area contributed by atoms with E-state index in [2.05, 4.69) is 10.0 Å². The lowest BCUT2D eigenvalue weighted by atomic mass is 10.1. The monoisotopic (exact) mass is 370 g/mol. The first-order valence-corrected chi connectivity index (χ1v) is 9.36. The molecule has 6 nitrogen and oxygen atoms in total. The molecule has 2 N–H and O–H groups in total. The second-order valence-electron chi connectivity index (χ2n) is 5.20. The smallest absolute Gasteiger partial charge is 0.241 e. The summed E-state index contributed by atoms with van der Waals surface area (Å²) in [6.45, 7) is 2.47. The molecule has 1 atom stereocenters. The molecule has 1 amide bonds. The Morgan fingerprint density at radius 1 is 1.25 bits per heavy atom. The van der Waals surface area contributed by atoms with Crippen molar-refractivity contribution in [2.45, 2.75) is 30.7 Å². The fraction of sp³-hybridized carbons (Fsp3) is 0.312. The molecule has 1 aromatic carbocycles. The van der Waals surface area contributed by atoms with Crippen LogP contribution in [0.15, 0.2) is 52.0 Å². The third-order valence-electron chi connectivity index (χ3n) is 3.27. The van der Waals surface area contributed by atoms with Gasteiger partial charge >= 0.3 is 0 Å². The van der Waals surface area contributed by atoms with Gasteiger partial charge in [0.1, 0.15) is 5.76 Å². The van der Waals surface area contributed by atoms with Gasteiger partial charge in [0, 0.05) is 11.6 Å². The molecular weight excluding hydrogens is 352 g/mol. The molecule has 0 bridgehead atoms. The lowest BCUT2D eigenvalue weighted by molar-refractivity contribution is -0.121. The van der Waals surface area contributed by atoms with Gasteiger partial charge in [-0.3, -0.25) is 4.79 Å². The van der Waals surface area contributed by atoms with E-state index in [1.165, 1.54) is 30.5 Å². The summed E-state index contributed by atoms with van der Waals surface area (Å²) >= 11 is 5.78. The minimum atomic E-state index is -3.82. The van der Waals surface area contributed by atoms with E-state index >= 15 is 0 Å². The van der Waals surface area contributed by atoms with Crippen molar-refractivity contribution >= 4 is 27.5 Å². The highest BCUT2D eigenvalue weighted by molar-refractivity contribution is 7.89. The molecule has 0 aliphatic rings. The van der Waals surface area contributed by atoms with Crippen LogP contribution in [0.1, 0.15) is 31.6 Å². The average Bonchev–Trinajstić information content (AvgIpc) is 3.07. The van der Waals surface area contributed by atoms with E-state index in [1.54, 1.807) is 12.1 Å². The van der Waals surface area contributed by atoms with Crippen molar-refractivity contribution in [2.75, 3.05) is 6.54 Å². The molecule has 0 fully saturated rings. The van der Waals surface area contributed by atoms with Crippen molar-refractivity contribution in [2.24, 2.45) is 0 Å². The Balaban J connectivity index is 2.18. The van der Waals surface area contributed by atoms with E-state index in [0.717, 1.165) is 6.42 Å². The molecule has 130 valence electrons. The molecule has 0 saturated carbocycles. The average molecular weight is 371 g/mol. The number of amides is 1. The van der Waals surface area contributed by atoms with Gasteiger partial charge < -0.3 is 9.73 Å². The molecule has 8 heteroatoms. The van der Waals surface area contributed by atoms with Crippen LogP contribution in [0.4, 0.5) is 0 Å². The van der Waals surface area contributed by atoms with Crippen molar-refractivity contribution in [3.63, 3.8) is 0 Å². The first-order valence-electron chi connectivity index (χ1n) is 7.50. The first kappa shape index (κ1) is 18.5. The number of carbonyl (C=O) groups excluding carboxylic acids is 1. The minimum Gasteiger partial charge on any atom is -0.468 e. The highest BCUT2D eigenvalue weighted by Crippen LogP contribution is 2.22. The summed E-state index contributed by atoms with van der Waals surface area (Å²) in [5.41, 5.74) is 0. The topological polar surface area (TPSA) is 88.4 Å². The van der Waals surface area contributed by atoms with Crippen LogP contribution < -0.4 is 10.0 Å². The van der Waals surface area contributed by atoms with Crippen molar-refractivity contribution in [1.29, 1.82) is 0 Å². The lowest BCUT2D eigenvalue weighted by Crippen LogP contribution is -2.33. The molecular formula is C16H19ClN2O4S. The van der Waals surface area contributed by atoms with Crippen molar-refractivity contribution in [3.8, 4) is 0 Å². The zero-order valence-electron chi connectivity index (χ0n) is 13.2. The summed E-state index contributed by atoms with van der Waals surface area (Å²) in [7, 11) is -3.82. The van der Waals surface area contributed by atoms with Crippen molar-refractivity contribution in [3.05, 3.63) is 53.4 Å². The molecule has 24 heavy (non-hydrogen) atoms. The van der Waals surface area contributed by atoms with E-state index in [-0.39, 0.29) is 17.2 Å². The molecule has 0 unspecified atom stereocenters. The molecule has 0 radical (unpaired) electrons. The van der Waals surface area contributed by atoms with E-state index in [1.807, 2.05) is 6.92 Å². The van der Waals surface area contributed by atoms with Gasteiger partial charge in [-0.2, -0.15) is 4.72 Å². The minimum absolute atomic E-state index is 0.0552. The summed E-state index contributed by atoms with van der Waals surface area (Å²) in [4.78, 5) is 12.0. The summed E-state index contributed by atoms with van der Waals surface area (Å²) in [5.74, 6) is 0.122. The van der Waals surface area contributed by atoms with Crippen LogP contribution >= 0.6 is 11.6 Å². The highest BCUT2D eigenvalue weighted by Gasteiger charge is 2.25. The van der Waals surface area contributed by atoms with Gasteiger partial charge in [-0.25, -0.2) is 8.42 Å². The number of hydrogen-bond donors (Lipinski definition) is 2. The van der Waals surface area contributed by atoms with Gasteiger partial charge in [-0.05, 0) is 42.8 Å². The Morgan fingerprint density at radius 2 is 1.96 bits per heavy atom.